The molecule has 0 aromatic rings. The van der Waals surface area contributed by atoms with Gasteiger partial charge in [0, 0.05) is 19.0 Å². The molecule has 2 unspecified atom stereocenters. The van der Waals surface area contributed by atoms with E-state index >= 15 is 0 Å². The summed E-state index contributed by atoms with van der Waals surface area (Å²) in [6, 6.07) is 0.500. The highest BCUT2D eigenvalue weighted by atomic mass is 16.5. The first-order valence-corrected chi connectivity index (χ1v) is 5.95. The van der Waals surface area contributed by atoms with Gasteiger partial charge in [0.1, 0.15) is 5.84 Å². The molecule has 0 radical (unpaired) electrons. The van der Waals surface area contributed by atoms with Crippen LogP contribution in [0.15, 0.2) is 5.16 Å². The molecule has 0 aromatic heterocycles. The molecular formula is C11H23N3O2. The maximum absolute atomic E-state index is 8.40. The van der Waals surface area contributed by atoms with Crippen LogP contribution >= 0.6 is 0 Å². The fourth-order valence-corrected chi connectivity index (χ4v) is 1.95. The van der Waals surface area contributed by atoms with Gasteiger partial charge in [-0.2, -0.15) is 0 Å². The van der Waals surface area contributed by atoms with Crippen LogP contribution in [0.1, 0.15) is 33.1 Å². The van der Waals surface area contributed by atoms with Crippen LogP contribution in [0.2, 0.25) is 0 Å². The molecule has 1 fully saturated rings. The van der Waals surface area contributed by atoms with Gasteiger partial charge in [0.05, 0.1) is 12.7 Å². The summed E-state index contributed by atoms with van der Waals surface area (Å²) in [5.74, 6) is 0.323. The number of unbranched alkanes of at least 4 members (excludes halogenated alkanes) is 1. The van der Waals surface area contributed by atoms with Crippen molar-refractivity contribution in [2.45, 2.75) is 45.3 Å². The van der Waals surface area contributed by atoms with E-state index in [1.807, 2.05) is 0 Å². The minimum absolute atomic E-state index is 0.323. The summed E-state index contributed by atoms with van der Waals surface area (Å²) in [5.41, 5.74) is 5.41. The zero-order valence-electron chi connectivity index (χ0n) is 10.2. The van der Waals surface area contributed by atoms with Gasteiger partial charge >= 0.3 is 0 Å². The van der Waals surface area contributed by atoms with Crippen molar-refractivity contribution in [2.24, 2.45) is 10.9 Å². The number of oxime groups is 1. The van der Waals surface area contributed by atoms with Gasteiger partial charge in [0.2, 0.25) is 0 Å². The molecule has 1 heterocycles. The SMILES string of the molecule is CC1CN(CCCC/C(N)=N/O)C(C)CO1. The predicted molar refractivity (Wildman–Crippen MR) is 63.7 cm³/mol. The molecular weight excluding hydrogens is 206 g/mol. The molecule has 0 spiro atoms. The smallest absolute Gasteiger partial charge is 0.139 e. The van der Waals surface area contributed by atoms with Crippen molar-refractivity contribution in [3.05, 3.63) is 0 Å². The summed E-state index contributed by atoms with van der Waals surface area (Å²) in [6.07, 6.45) is 3.05. The van der Waals surface area contributed by atoms with Crippen LogP contribution in [0.25, 0.3) is 0 Å². The molecule has 3 N–H and O–H groups in total. The fourth-order valence-electron chi connectivity index (χ4n) is 1.95. The highest BCUT2D eigenvalue weighted by molar-refractivity contribution is 5.79. The number of amidine groups is 1. The normalized spacial score (nSPS) is 28.2. The zero-order valence-corrected chi connectivity index (χ0v) is 10.2. The predicted octanol–water partition coefficient (Wildman–Crippen LogP) is 1.01. The molecule has 0 amide bonds. The molecule has 5 heteroatoms. The summed E-state index contributed by atoms with van der Waals surface area (Å²) < 4.78 is 5.57. The van der Waals surface area contributed by atoms with Crippen LogP contribution in [-0.2, 0) is 4.74 Å². The topological polar surface area (TPSA) is 71.1 Å². The molecule has 1 aliphatic heterocycles. The van der Waals surface area contributed by atoms with E-state index in [0.717, 1.165) is 32.5 Å². The molecule has 0 bridgehead atoms. The second kappa shape index (κ2) is 6.70. The average molecular weight is 229 g/mol. The molecule has 1 rings (SSSR count). The standard InChI is InChI=1S/C11H23N3O2/c1-9-8-16-10(2)7-14(9)6-4-3-5-11(12)13-15/h9-10,15H,3-8H2,1-2H3,(H2,12,13). The quantitative estimate of drug-likeness (QED) is 0.243. The Morgan fingerprint density at radius 1 is 1.50 bits per heavy atom. The number of ether oxygens (including phenoxy) is 1. The average Bonchev–Trinajstić information content (AvgIpc) is 2.28. The summed E-state index contributed by atoms with van der Waals surface area (Å²) in [4.78, 5) is 2.44. The Kier molecular flexibility index (Phi) is 5.55. The summed E-state index contributed by atoms with van der Waals surface area (Å²) in [5, 5.41) is 11.4. The van der Waals surface area contributed by atoms with E-state index in [9.17, 15) is 0 Å². The van der Waals surface area contributed by atoms with Crippen LogP contribution in [-0.4, -0.2) is 47.8 Å². The number of nitrogens with two attached hydrogens (primary N) is 1. The number of nitrogens with zero attached hydrogens (tertiary/aromatic N) is 2. The van der Waals surface area contributed by atoms with Gasteiger partial charge in [0.15, 0.2) is 0 Å². The van der Waals surface area contributed by atoms with Crippen LogP contribution in [0.5, 0.6) is 0 Å². The van der Waals surface area contributed by atoms with Crippen molar-refractivity contribution >= 4 is 5.84 Å². The van der Waals surface area contributed by atoms with E-state index in [4.69, 9.17) is 15.7 Å². The van der Waals surface area contributed by atoms with Gasteiger partial charge in [0.25, 0.3) is 0 Å². The summed E-state index contributed by atoms with van der Waals surface area (Å²) in [7, 11) is 0. The molecule has 2 atom stereocenters. The number of rotatable bonds is 5. The third-order valence-electron chi connectivity index (χ3n) is 2.99. The molecule has 0 aliphatic carbocycles. The molecule has 94 valence electrons. The Balaban J connectivity index is 2.16. The lowest BCUT2D eigenvalue weighted by atomic mass is 10.1. The Labute approximate surface area is 97.2 Å². The van der Waals surface area contributed by atoms with Crippen molar-refractivity contribution in [3.63, 3.8) is 0 Å². The second-order valence-corrected chi connectivity index (χ2v) is 4.54. The first kappa shape index (κ1) is 13.3. The van der Waals surface area contributed by atoms with E-state index in [1.165, 1.54) is 0 Å². The van der Waals surface area contributed by atoms with Crippen LogP contribution in [0, 0.1) is 0 Å². The lowest BCUT2D eigenvalue weighted by molar-refractivity contribution is -0.0495. The number of hydrogen-bond acceptors (Lipinski definition) is 4. The van der Waals surface area contributed by atoms with E-state index in [2.05, 4.69) is 23.9 Å². The lowest BCUT2D eigenvalue weighted by Crippen LogP contribution is -2.47. The van der Waals surface area contributed by atoms with E-state index in [0.29, 0.717) is 24.4 Å². The van der Waals surface area contributed by atoms with E-state index < -0.39 is 0 Å². The molecule has 0 aromatic carbocycles. The second-order valence-electron chi connectivity index (χ2n) is 4.54. The van der Waals surface area contributed by atoms with E-state index in [-0.39, 0.29) is 0 Å². The van der Waals surface area contributed by atoms with Gasteiger partial charge in [-0.1, -0.05) is 5.16 Å². The van der Waals surface area contributed by atoms with Crippen molar-refractivity contribution in [3.8, 4) is 0 Å². The molecule has 5 nitrogen and oxygen atoms in total. The summed E-state index contributed by atoms with van der Waals surface area (Å²) in [6.45, 7) is 7.18. The van der Waals surface area contributed by atoms with Crippen molar-refractivity contribution in [1.82, 2.24) is 4.90 Å². The minimum atomic E-state index is 0.323. The molecule has 1 aliphatic rings. The monoisotopic (exact) mass is 229 g/mol. The third-order valence-corrected chi connectivity index (χ3v) is 2.99. The highest BCUT2D eigenvalue weighted by Crippen LogP contribution is 2.12. The number of morpholine rings is 1. The molecule has 0 saturated carbocycles. The Bertz CT molecular complexity index is 233. The van der Waals surface area contributed by atoms with Gasteiger partial charge < -0.3 is 15.7 Å². The van der Waals surface area contributed by atoms with Crippen LogP contribution in [0.3, 0.4) is 0 Å². The van der Waals surface area contributed by atoms with Gasteiger partial charge in [-0.05, 0) is 33.2 Å². The maximum Gasteiger partial charge on any atom is 0.139 e. The molecule has 16 heavy (non-hydrogen) atoms. The van der Waals surface area contributed by atoms with Gasteiger partial charge in [-0.15, -0.1) is 0 Å². The first-order chi connectivity index (χ1) is 7.63. The zero-order chi connectivity index (χ0) is 12.0. The van der Waals surface area contributed by atoms with Crippen LogP contribution in [0.4, 0.5) is 0 Å². The highest BCUT2D eigenvalue weighted by Gasteiger charge is 2.22. The van der Waals surface area contributed by atoms with Crippen molar-refractivity contribution < 1.29 is 9.94 Å². The number of hydrogen-bond donors (Lipinski definition) is 2. The Hall–Kier alpha value is -0.810. The molecule has 1 saturated heterocycles. The summed E-state index contributed by atoms with van der Waals surface area (Å²) >= 11 is 0. The largest absolute Gasteiger partial charge is 0.409 e. The van der Waals surface area contributed by atoms with Crippen LogP contribution < -0.4 is 5.73 Å². The first-order valence-electron chi connectivity index (χ1n) is 5.95. The van der Waals surface area contributed by atoms with Crippen molar-refractivity contribution in [1.29, 1.82) is 0 Å². The lowest BCUT2D eigenvalue weighted by Gasteiger charge is -2.36. The third kappa shape index (κ3) is 4.37. The Morgan fingerprint density at radius 2 is 2.25 bits per heavy atom. The van der Waals surface area contributed by atoms with E-state index in [1.54, 1.807) is 0 Å². The Morgan fingerprint density at radius 3 is 2.94 bits per heavy atom. The van der Waals surface area contributed by atoms with Crippen molar-refractivity contribution in [2.75, 3.05) is 19.7 Å². The van der Waals surface area contributed by atoms with Gasteiger partial charge in [-0.25, -0.2) is 0 Å². The fraction of sp³-hybridized carbons (Fsp3) is 0.909. The van der Waals surface area contributed by atoms with Gasteiger partial charge in [-0.3, -0.25) is 4.90 Å². The maximum atomic E-state index is 8.40. The minimum Gasteiger partial charge on any atom is -0.409 e.